The Kier molecular flexibility index (Phi) is 6.19. The number of carbonyl (C=O) groups excluding carboxylic acids is 1. The summed E-state index contributed by atoms with van der Waals surface area (Å²) in [4.78, 5) is 10.4. The van der Waals surface area contributed by atoms with Crippen LogP contribution in [0, 0.1) is 0 Å². The Balaban J connectivity index is 3.30. The first-order chi connectivity index (χ1) is 5.16. The number of carbonyl (C=O) groups is 1. The number of ether oxygens (including phenoxy) is 1. The van der Waals surface area contributed by atoms with Crippen molar-refractivity contribution in [2.45, 2.75) is 6.42 Å². The Morgan fingerprint density at radius 2 is 2.36 bits per heavy atom. The quantitative estimate of drug-likeness (QED) is 0.394. The molecule has 1 unspecified atom stereocenters. The summed E-state index contributed by atoms with van der Waals surface area (Å²) in [5, 5.41) is 0. The number of rotatable bonds is 4. The molecule has 11 heavy (non-hydrogen) atoms. The van der Waals surface area contributed by atoms with Gasteiger partial charge in [-0.3, -0.25) is 4.55 Å². The second kappa shape index (κ2) is 6.38. The van der Waals surface area contributed by atoms with Crippen molar-refractivity contribution in [2.24, 2.45) is 0 Å². The predicted octanol–water partition coefficient (Wildman–Crippen LogP) is 0.478. The lowest BCUT2D eigenvalue weighted by Crippen LogP contribution is -2.26. The molecular weight excluding hydrogens is 194 g/mol. The molecule has 0 spiro atoms. The van der Waals surface area contributed by atoms with Gasteiger partial charge in [-0.25, -0.2) is 13.7 Å². The lowest BCUT2D eigenvalue weighted by atomic mass is 10.5. The SMILES string of the molecule is O=C(NS(=O)O)OCCCCl. The minimum Gasteiger partial charge on any atom is -0.449 e. The van der Waals surface area contributed by atoms with E-state index in [0.717, 1.165) is 0 Å². The van der Waals surface area contributed by atoms with Crippen LogP contribution in [0.3, 0.4) is 0 Å². The molecule has 0 aromatic carbocycles. The first-order valence-electron chi connectivity index (χ1n) is 2.77. The van der Waals surface area contributed by atoms with Crippen LogP contribution in [0.1, 0.15) is 6.42 Å². The van der Waals surface area contributed by atoms with Crippen LogP contribution in [-0.4, -0.2) is 27.3 Å². The summed E-state index contributed by atoms with van der Waals surface area (Å²) in [6.07, 6.45) is -0.400. The molecule has 0 aliphatic carbocycles. The number of nitrogens with one attached hydrogen (secondary N) is 1. The molecule has 0 bridgehead atoms. The highest BCUT2D eigenvalue weighted by atomic mass is 35.5. The van der Waals surface area contributed by atoms with Crippen molar-refractivity contribution >= 4 is 29.0 Å². The molecule has 7 heteroatoms. The third kappa shape index (κ3) is 7.57. The van der Waals surface area contributed by atoms with Crippen molar-refractivity contribution in [1.82, 2.24) is 4.72 Å². The smallest absolute Gasteiger partial charge is 0.420 e. The molecular formula is C4H8ClNO4S. The van der Waals surface area contributed by atoms with Gasteiger partial charge in [0, 0.05) is 5.88 Å². The topological polar surface area (TPSA) is 75.6 Å². The van der Waals surface area contributed by atoms with Gasteiger partial charge in [-0.2, -0.15) is 0 Å². The van der Waals surface area contributed by atoms with Crippen molar-refractivity contribution < 1.29 is 18.3 Å². The van der Waals surface area contributed by atoms with Gasteiger partial charge in [0.1, 0.15) is 0 Å². The first-order valence-corrected chi connectivity index (χ1v) is 4.41. The molecule has 0 heterocycles. The highest BCUT2D eigenvalue weighted by Gasteiger charge is 2.02. The number of halogens is 1. The normalized spacial score (nSPS) is 12.2. The van der Waals surface area contributed by atoms with Gasteiger partial charge in [0.25, 0.3) is 11.3 Å². The number of alkyl halides is 1. The van der Waals surface area contributed by atoms with E-state index in [1.54, 1.807) is 4.72 Å². The Morgan fingerprint density at radius 1 is 1.73 bits per heavy atom. The summed E-state index contributed by atoms with van der Waals surface area (Å²) < 4.78 is 24.1. The van der Waals surface area contributed by atoms with Crippen LogP contribution >= 0.6 is 11.6 Å². The van der Waals surface area contributed by atoms with Gasteiger partial charge >= 0.3 is 6.09 Å². The molecule has 0 radical (unpaired) electrons. The maximum absolute atomic E-state index is 10.4. The minimum absolute atomic E-state index is 0.145. The minimum atomic E-state index is -2.36. The zero-order chi connectivity index (χ0) is 8.69. The average Bonchev–Trinajstić information content (AvgIpc) is 1.86. The molecule has 0 saturated heterocycles. The van der Waals surface area contributed by atoms with E-state index < -0.39 is 17.4 Å². The zero-order valence-corrected chi connectivity index (χ0v) is 7.15. The molecule has 1 atom stereocenters. The second-order valence-corrected chi connectivity index (χ2v) is 2.61. The van der Waals surface area contributed by atoms with Crippen molar-refractivity contribution in [3.63, 3.8) is 0 Å². The molecule has 0 saturated carbocycles. The van der Waals surface area contributed by atoms with Crippen LogP contribution in [0.15, 0.2) is 0 Å². The third-order valence-electron chi connectivity index (χ3n) is 0.682. The molecule has 0 aliphatic heterocycles. The molecule has 66 valence electrons. The molecule has 0 aromatic heterocycles. The van der Waals surface area contributed by atoms with Gasteiger partial charge < -0.3 is 4.74 Å². The highest BCUT2D eigenvalue weighted by Crippen LogP contribution is 1.86. The summed E-state index contributed by atoms with van der Waals surface area (Å²) in [7, 11) is 0. The van der Waals surface area contributed by atoms with Crippen LogP contribution < -0.4 is 4.72 Å². The summed E-state index contributed by atoms with van der Waals surface area (Å²) in [6, 6.07) is 0. The monoisotopic (exact) mass is 201 g/mol. The van der Waals surface area contributed by atoms with E-state index >= 15 is 0 Å². The lowest BCUT2D eigenvalue weighted by molar-refractivity contribution is 0.153. The Labute approximate surface area is 71.5 Å². The van der Waals surface area contributed by atoms with E-state index in [-0.39, 0.29) is 6.61 Å². The fraction of sp³-hybridized carbons (Fsp3) is 0.750. The van der Waals surface area contributed by atoms with E-state index in [9.17, 15) is 9.00 Å². The molecule has 0 rings (SSSR count). The summed E-state index contributed by atoms with van der Waals surface area (Å²) >= 11 is 2.91. The van der Waals surface area contributed by atoms with Gasteiger partial charge in [-0.1, -0.05) is 0 Å². The highest BCUT2D eigenvalue weighted by molar-refractivity contribution is 7.77. The van der Waals surface area contributed by atoms with E-state index in [1.807, 2.05) is 0 Å². The van der Waals surface area contributed by atoms with Gasteiger partial charge in [0.2, 0.25) is 0 Å². The molecule has 1 amide bonds. The number of amides is 1. The molecule has 0 aromatic rings. The maximum Gasteiger partial charge on any atom is 0.420 e. The molecule has 2 N–H and O–H groups in total. The van der Waals surface area contributed by atoms with Crippen LogP contribution in [0.2, 0.25) is 0 Å². The summed E-state index contributed by atoms with van der Waals surface area (Å²) in [5.41, 5.74) is 0. The Hall–Kier alpha value is -0.330. The van der Waals surface area contributed by atoms with Crippen LogP contribution in [0.4, 0.5) is 4.79 Å². The first kappa shape index (κ1) is 10.7. The van der Waals surface area contributed by atoms with Crippen molar-refractivity contribution in [3.8, 4) is 0 Å². The third-order valence-corrected chi connectivity index (χ3v) is 1.29. The van der Waals surface area contributed by atoms with Gasteiger partial charge in [-0.05, 0) is 6.42 Å². The predicted molar refractivity (Wildman–Crippen MR) is 40.6 cm³/mol. The van der Waals surface area contributed by atoms with Crippen molar-refractivity contribution in [3.05, 3.63) is 0 Å². The summed E-state index contributed by atoms with van der Waals surface area (Å²) in [5.74, 6) is 0.384. The number of hydrogen-bond acceptors (Lipinski definition) is 3. The zero-order valence-electron chi connectivity index (χ0n) is 5.58. The van der Waals surface area contributed by atoms with E-state index in [2.05, 4.69) is 4.74 Å². The fourth-order valence-electron chi connectivity index (χ4n) is 0.320. The van der Waals surface area contributed by atoms with Crippen LogP contribution in [0.5, 0.6) is 0 Å². The fourth-order valence-corrected chi connectivity index (χ4v) is 0.631. The van der Waals surface area contributed by atoms with E-state index in [1.165, 1.54) is 0 Å². The molecule has 0 aliphatic rings. The second-order valence-electron chi connectivity index (χ2n) is 1.53. The standard InChI is InChI=1S/C4H8ClNO4S/c5-2-1-3-10-4(7)6-11(8)9/h1-3H2,(H,6,7)(H,8,9). The Morgan fingerprint density at radius 3 is 2.82 bits per heavy atom. The van der Waals surface area contributed by atoms with Gasteiger partial charge in [-0.15, -0.1) is 11.6 Å². The van der Waals surface area contributed by atoms with Gasteiger partial charge in [0.15, 0.2) is 0 Å². The molecule has 5 nitrogen and oxygen atoms in total. The van der Waals surface area contributed by atoms with E-state index in [0.29, 0.717) is 12.3 Å². The molecule has 0 fully saturated rings. The maximum atomic E-state index is 10.4. The van der Waals surface area contributed by atoms with E-state index in [4.69, 9.17) is 16.2 Å². The van der Waals surface area contributed by atoms with Crippen LogP contribution in [0.25, 0.3) is 0 Å². The summed E-state index contributed by atoms with van der Waals surface area (Å²) in [6.45, 7) is 0.145. The lowest BCUT2D eigenvalue weighted by Gasteiger charge is -2.01. The largest absolute Gasteiger partial charge is 0.449 e. The van der Waals surface area contributed by atoms with Crippen molar-refractivity contribution in [1.29, 1.82) is 0 Å². The number of hydrogen-bond donors (Lipinski definition) is 2. The van der Waals surface area contributed by atoms with Crippen molar-refractivity contribution in [2.75, 3.05) is 12.5 Å². The van der Waals surface area contributed by atoms with Gasteiger partial charge in [0.05, 0.1) is 6.61 Å². The Bertz CT molecular complexity index is 153. The average molecular weight is 202 g/mol. The van der Waals surface area contributed by atoms with Crippen LogP contribution in [-0.2, 0) is 16.0 Å².